The number of hydrogen-bond acceptors (Lipinski definition) is 5. The van der Waals surface area contributed by atoms with Crippen molar-refractivity contribution in [2.75, 3.05) is 5.32 Å². The first kappa shape index (κ1) is 14.0. The molecule has 2 aromatic carbocycles. The molecule has 0 saturated carbocycles. The Morgan fingerprint density at radius 1 is 1.00 bits per heavy atom. The number of nitrogens with zero attached hydrogens (tertiary/aromatic N) is 5. The van der Waals surface area contributed by atoms with E-state index in [0.717, 1.165) is 11.2 Å². The van der Waals surface area contributed by atoms with E-state index < -0.39 is 0 Å². The standard InChI is InChI=1S/C17H12N6O/c24-17(16-9-19-14-3-1-2-4-15(14)22-16)21-12-5-7-13(8-6-12)23-11-18-10-20-23/h1-11H,(H,21,24). The Morgan fingerprint density at radius 2 is 1.79 bits per heavy atom. The van der Waals surface area contributed by atoms with Gasteiger partial charge in [-0.25, -0.2) is 14.6 Å². The number of aromatic nitrogens is 5. The third-order valence-electron chi connectivity index (χ3n) is 3.49. The lowest BCUT2D eigenvalue weighted by Gasteiger charge is -2.06. The van der Waals surface area contributed by atoms with Crippen molar-refractivity contribution in [1.29, 1.82) is 0 Å². The fourth-order valence-electron chi connectivity index (χ4n) is 2.30. The molecule has 24 heavy (non-hydrogen) atoms. The lowest BCUT2D eigenvalue weighted by molar-refractivity contribution is 0.102. The van der Waals surface area contributed by atoms with E-state index in [2.05, 4.69) is 25.4 Å². The Balaban J connectivity index is 1.54. The molecule has 2 heterocycles. The largest absolute Gasteiger partial charge is 0.321 e. The zero-order valence-corrected chi connectivity index (χ0v) is 12.5. The van der Waals surface area contributed by atoms with E-state index in [4.69, 9.17) is 0 Å². The Labute approximate surface area is 137 Å². The first-order valence-corrected chi connectivity index (χ1v) is 7.28. The lowest BCUT2D eigenvalue weighted by atomic mass is 10.2. The third kappa shape index (κ3) is 2.70. The van der Waals surface area contributed by atoms with E-state index in [1.54, 1.807) is 23.1 Å². The number of hydrogen-bond donors (Lipinski definition) is 1. The summed E-state index contributed by atoms with van der Waals surface area (Å²) in [7, 11) is 0. The van der Waals surface area contributed by atoms with E-state index >= 15 is 0 Å². The Bertz CT molecular complexity index is 995. The first-order chi connectivity index (χ1) is 11.8. The minimum atomic E-state index is -0.304. The summed E-state index contributed by atoms with van der Waals surface area (Å²) in [5.41, 5.74) is 3.24. The summed E-state index contributed by atoms with van der Waals surface area (Å²) in [6, 6.07) is 14.7. The van der Waals surface area contributed by atoms with Gasteiger partial charge in [-0.1, -0.05) is 12.1 Å². The molecule has 7 nitrogen and oxygen atoms in total. The highest BCUT2D eigenvalue weighted by atomic mass is 16.1. The van der Waals surface area contributed by atoms with Gasteiger partial charge < -0.3 is 5.32 Å². The molecule has 0 unspecified atom stereocenters. The number of amides is 1. The van der Waals surface area contributed by atoms with Crippen LogP contribution >= 0.6 is 0 Å². The Kier molecular flexibility index (Phi) is 3.43. The summed E-state index contributed by atoms with van der Waals surface area (Å²) >= 11 is 0. The molecular formula is C17H12N6O. The van der Waals surface area contributed by atoms with Crippen molar-refractivity contribution in [3.8, 4) is 5.69 Å². The normalized spacial score (nSPS) is 10.7. The summed E-state index contributed by atoms with van der Waals surface area (Å²) < 4.78 is 1.64. The molecule has 116 valence electrons. The third-order valence-corrected chi connectivity index (χ3v) is 3.49. The van der Waals surface area contributed by atoms with Crippen molar-refractivity contribution < 1.29 is 4.79 Å². The van der Waals surface area contributed by atoms with Gasteiger partial charge in [0.1, 0.15) is 18.3 Å². The van der Waals surface area contributed by atoms with Gasteiger partial charge >= 0.3 is 0 Å². The number of carbonyl (C=O) groups is 1. The summed E-state index contributed by atoms with van der Waals surface area (Å²) in [6.45, 7) is 0. The topological polar surface area (TPSA) is 85.6 Å². The molecule has 0 aliphatic carbocycles. The minimum absolute atomic E-state index is 0.272. The number of anilines is 1. The monoisotopic (exact) mass is 316 g/mol. The van der Waals surface area contributed by atoms with Crippen LogP contribution < -0.4 is 5.32 Å². The smallest absolute Gasteiger partial charge is 0.275 e. The second-order valence-electron chi connectivity index (χ2n) is 5.09. The highest BCUT2D eigenvalue weighted by Crippen LogP contribution is 2.14. The van der Waals surface area contributed by atoms with Crippen molar-refractivity contribution in [1.82, 2.24) is 24.7 Å². The highest BCUT2D eigenvalue weighted by molar-refractivity contribution is 6.03. The van der Waals surface area contributed by atoms with Crippen LogP contribution in [-0.2, 0) is 0 Å². The molecule has 0 aliphatic heterocycles. The predicted molar refractivity (Wildman–Crippen MR) is 88.9 cm³/mol. The quantitative estimate of drug-likeness (QED) is 0.627. The molecule has 0 bridgehead atoms. The molecule has 1 amide bonds. The van der Waals surface area contributed by atoms with Crippen LogP contribution in [-0.4, -0.2) is 30.6 Å². The molecule has 0 fully saturated rings. The van der Waals surface area contributed by atoms with Gasteiger partial charge in [-0.3, -0.25) is 9.78 Å². The maximum Gasteiger partial charge on any atom is 0.275 e. The van der Waals surface area contributed by atoms with E-state index in [1.165, 1.54) is 12.5 Å². The van der Waals surface area contributed by atoms with Crippen LogP contribution in [0.25, 0.3) is 16.7 Å². The van der Waals surface area contributed by atoms with E-state index in [9.17, 15) is 4.79 Å². The van der Waals surface area contributed by atoms with Crippen LogP contribution in [0, 0.1) is 0 Å². The summed E-state index contributed by atoms with van der Waals surface area (Å²) in [4.78, 5) is 24.8. The minimum Gasteiger partial charge on any atom is -0.321 e. The van der Waals surface area contributed by atoms with Gasteiger partial charge in [-0.05, 0) is 36.4 Å². The first-order valence-electron chi connectivity index (χ1n) is 7.28. The average Bonchev–Trinajstić information content (AvgIpc) is 3.16. The molecule has 0 aliphatic rings. The second-order valence-corrected chi connectivity index (χ2v) is 5.09. The van der Waals surface area contributed by atoms with Gasteiger partial charge in [-0.2, -0.15) is 5.10 Å². The summed E-state index contributed by atoms with van der Waals surface area (Å²) in [6.07, 6.45) is 4.55. The van der Waals surface area contributed by atoms with Crippen molar-refractivity contribution in [2.24, 2.45) is 0 Å². The van der Waals surface area contributed by atoms with Crippen LogP contribution in [0.1, 0.15) is 10.5 Å². The maximum atomic E-state index is 12.3. The Hall–Kier alpha value is -3.61. The van der Waals surface area contributed by atoms with Crippen LogP contribution in [0.2, 0.25) is 0 Å². The van der Waals surface area contributed by atoms with Gasteiger partial charge in [0.25, 0.3) is 5.91 Å². The SMILES string of the molecule is O=C(Nc1ccc(-n2cncn2)cc1)c1cnc2ccccc2n1. The van der Waals surface area contributed by atoms with E-state index in [0.29, 0.717) is 11.2 Å². The Morgan fingerprint density at radius 3 is 2.54 bits per heavy atom. The molecule has 7 heteroatoms. The highest BCUT2D eigenvalue weighted by Gasteiger charge is 2.09. The van der Waals surface area contributed by atoms with Gasteiger partial charge in [0.15, 0.2) is 0 Å². The number of nitrogens with one attached hydrogen (secondary N) is 1. The van der Waals surface area contributed by atoms with Gasteiger partial charge in [0.2, 0.25) is 0 Å². The van der Waals surface area contributed by atoms with E-state index in [-0.39, 0.29) is 11.6 Å². The molecule has 0 atom stereocenters. The summed E-state index contributed by atoms with van der Waals surface area (Å²) in [5, 5.41) is 6.86. The van der Waals surface area contributed by atoms with E-state index in [1.807, 2.05) is 36.4 Å². The molecule has 0 radical (unpaired) electrons. The fourth-order valence-corrected chi connectivity index (χ4v) is 2.30. The zero-order valence-electron chi connectivity index (χ0n) is 12.5. The molecule has 4 aromatic rings. The molecule has 0 spiro atoms. The van der Waals surface area contributed by atoms with Gasteiger partial charge in [0, 0.05) is 5.69 Å². The number of rotatable bonds is 3. The van der Waals surface area contributed by atoms with Crippen LogP contribution in [0.3, 0.4) is 0 Å². The van der Waals surface area contributed by atoms with Crippen molar-refractivity contribution in [3.63, 3.8) is 0 Å². The van der Waals surface area contributed by atoms with Crippen LogP contribution in [0.5, 0.6) is 0 Å². The molecular weight excluding hydrogens is 304 g/mol. The molecule has 2 aromatic heterocycles. The molecule has 4 rings (SSSR count). The zero-order chi connectivity index (χ0) is 16.4. The second kappa shape index (κ2) is 5.88. The number of para-hydroxylation sites is 2. The van der Waals surface area contributed by atoms with Gasteiger partial charge in [0.05, 0.1) is 22.9 Å². The lowest BCUT2D eigenvalue weighted by Crippen LogP contribution is -2.14. The number of benzene rings is 2. The maximum absolute atomic E-state index is 12.3. The van der Waals surface area contributed by atoms with Crippen molar-refractivity contribution in [2.45, 2.75) is 0 Å². The average molecular weight is 316 g/mol. The number of fused-ring (bicyclic) bond motifs is 1. The van der Waals surface area contributed by atoms with Crippen LogP contribution in [0.15, 0.2) is 67.4 Å². The number of carbonyl (C=O) groups excluding carboxylic acids is 1. The van der Waals surface area contributed by atoms with Crippen molar-refractivity contribution in [3.05, 3.63) is 73.1 Å². The fraction of sp³-hybridized carbons (Fsp3) is 0. The van der Waals surface area contributed by atoms with Crippen molar-refractivity contribution >= 4 is 22.6 Å². The molecule has 1 N–H and O–H groups in total. The predicted octanol–water partition coefficient (Wildman–Crippen LogP) is 2.46. The molecule has 0 saturated heterocycles. The van der Waals surface area contributed by atoms with Gasteiger partial charge in [-0.15, -0.1) is 0 Å². The van der Waals surface area contributed by atoms with Crippen LogP contribution in [0.4, 0.5) is 5.69 Å². The summed E-state index contributed by atoms with van der Waals surface area (Å²) in [5.74, 6) is -0.304.